The van der Waals surface area contributed by atoms with Gasteiger partial charge in [0.2, 0.25) is 0 Å². The normalized spacial score (nSPS) is 18.4. The molecule has 2 aromatic carbocycles. The Labute approximate surface area is 158 Å². The molecule has 26 heavy (non-hydrogen) atoms. The van der Waals surface area contributed by atoms with Gasteiger partial charge in [0.25, 0.3) is 0 Å². The fraction of sp³-hybridized carbons (Fsp3) is 0.381. The fourth-order valence-corrected chi connectivity index (χ4v) is 3.85. The van der Waals surface area contributed by atoms with Crippen LogP contribution < -0.4 is 0 Å². The van der Waals surface area contributed by atoms with Crippen molar-refractivity contribution < 1.29 is 14.3 Å². The van der Waals surface area contributed by atoms with Crippen LogP contribution in [0.2, 0.25) is 5.02 Å². The van der Waals surface area contributed by atoms with Crippen LogP contribution >= 0.6 is 11.6 Å². The quantitative estimate of drug-likeness (QED) is 0.756. The Morgan fingerprint density at radius 3 is 2.31 bits per heavy atom. The molecule has 0 unspecified atom stereocenters. The number of aliphatic hydroxyl groups is 1. The lowest BCUT2D eigenvalue weighted by Crippen LogP contribution is -2.44. The molecular formula is C21H23ClFNO2. The van der Waals surface area contributed by atoms with E-state index in [1.807, 2.05) is 12.1 Å². The van der Waals surface area contributed by atoms with Crippen LogP contribution in [0, 0.1) is 5.82 Å². The van der Waals surface area contributed by atoms with Crippen LogP contribution in [-0.2, 0) is 10.4 Å². The van der Waals surface area contributed by atoms with E-state index in [9.17, 15) is 14.3 Å². The zero-order valence-corrected chi connectivity index (χ0v) is 15.3. The van der Waals surface area contributed by atoms with E-state index < -0.39 is 5.60 Å². The first-order valence-corrected chi connectivity index (χ1v) is 9.31. The van der Waals surface area contributed by atoms with E-state index in [1.54, 1.807) is 24.3 Å². The molecule has 5 heteroatoms. The highest BCUT2D eigenvalue weighted by Gasteiger charge is 2.36. The smallest absolute Gasteiger partial charge is 0.123 e. The number of hydrogen-bond donors (Lipinski definition) is 1. The van der Waals surface area contributed by atoms with Gasteiger partial charge in [-0.15, -0.1) is 0 Å². The van der Waals surface area contributed by atoms with Crippen molar-refractivity contribution in [3.63, 3.8) is 0 Å². The third kappa shape index (κ3) is 4.32. The van der Waals surface area contributed by atoms with Gasteiger partial charge >= 0.3 is 0 Å². The number of carbonyl (C=O) groups is 1. The minimum absolute atomic E-state index is 0.0515. The lowest BCUT2D eigenvalue weighted by atomic mass is 9.83. The second-order valence-corrected chi connectivity index (χ2v) is 7.32. The molecule has 2 aromatic rings. The van der Waals surface area contributed by atoms with Crippen LogP contribution in [0.1, 0.15) is 42.9 Å². The van der Waals surface area contributed by atoms with E-state index in [0.29, 0.717) is 43.8 Å². The van der Waals surface area contributed by atoms with Gasteiger partial charge in [-0.25, -0.2) is 4.39 Å². The van der Waals surface area contributed by atoms with Crippen LogP contribution in [0.4, 0.5) is 4.39 Å². The molecule has 1 aliphatic rings. The molecule has 1 heterocycles. The van der Waals surface area contributed by atoms with Gasteiger partial charge in [-0.2, -0.15) is 0 Å². The number of nitrogens with zero attached hydrogens (tertiary/aromatic N) is 1. The number of hydrogen-bond acceptors (Lipinski definition) is 3. The van der Waals surface area contributed by atoms with Gasteiger partial charge in [0.05, 0.1) is 5.60 Å². The van der Waals surface area contributed by atoms with Crippen molar-refractivity contribution in [2.75, 3.05) is 13.1 Å². The van der Waals surface area contributed by atoms with E-state index >= 15 is 0 Å². The summed E-state index contributed by atoms with van der Waals surface area (Å²) in [4.78, 5) is 13.1. The van der Waals surface area contributed by atoms with Crippen molar-refractivity contribution in [1.29, 1.82) is 0 Å². The van der Waals surface area contributed by atoms with Crippen LogP contribution in [0.3, 0.4) is 0 Å². The average molecular weight is 376 g/mol. The summed E-state index contributed by atoms with van der Waals surface area (Å²) in [6.07, 6.45) is 3.28. The van der Waals surface area contributed by atoms with Gasteiger partial charge in [0, 0.05) is 30.6 Å². The molecule has 1 aliphatic heterocycles. The molecule has 0 aliphatic carbocycles. The van der Waals surface area contributed by atoms with Crippen molar-refractivity contribution in [1.82, 2.24) is 4.90 Å². The summed E-state index contributed by atoms with van der Waals surface area (Å²) < 4.78 is 13.2. The number of aldehydes is 1. The van der Waals surface area contributed by atoms with Gasteiger partial charge in [-0.1, -0.05) is 35.9 Å². The van der Waals surface area contributed by atoms with Gasteiger partial charge in [0.15, 0.2) is 0 Å². The Bertz CT molecular complexity index is 725. The highest BCUT2D eigenvalue weighted by molar-refractivity contribution is 6.30. The van der Waals surface area contributed by atoms with E-state index in [1.165, 1.54) is 12.1 Å². The van der Waals surface area contributed by atoms with Crippen molar-refractivity contribution in [2.24, 2.45) is 0 Å². The van der Waals surface area contributed by atoms with Crippen LogP contribution in [0.15, 0.2) is 48.5 Å². The topological polar surface area (TPSA) is 40.5 Å². The van der Waals surface area contributed by atoms with E-state index in [0.717, 1.165) is 17.4 Å². The summed E-state index contributed by atoms with van der Waals surface area (Å²) in [6, 6.07) is 13.9. The minimum Gasteiger partial charge on any atom is -0.385 e. The number of carbonyl (C=O) groups excluding carboxylic acids is 1. The Kier molecular flexibility index (Phi) is 6.07. The summed E-state index contributed by atoms with van der Waals surface area (Å²) in [5.74, 6) is -0.265. The molecule has 1 saturated heterocycles. The molecule has 1 N–H and O–H groups in total. The molecule has 0 amide bonds. The molecular weight excluding hydrogens is 353 g/mol. The zero-order chi connectivity index (χ0) is 18.6. The Hall–Kier alpha value is -1.75. The molecule has 0 bridgehead atoms. The molecule has 3 rings (SSSR count). The monoisotopic (exact) mass is 375 g/mol. The maximum atomic E-state index is 13.2. The van der Waals surface area contributed by atoms with E-state index in [2.05, 4.69) is 4.90 Å². The van der Waals surface area contributed by atoms with Crippen molar-refractivity contribution in [3.05, 3.63) is 70.5 Å². The Morgan fingerprint density at radius 2 is 1.73 bits per heavy atom. The van der Waals surface area contributed by atoms with Gasteiger partial charge in [-0.3, -0.25) is 4.90 Å². The van der Waals surface area contributed by atoms with Crippen LogP contribution in [-0.4, -0.2) is 29.4 Å². The SMILES string of the molecule is O=CCC[C@@H](c1ccc(F)cc1)N1CCC(O)(c2ccc(Cl)cc2)CC1. The van der Waals surface area contributed by atoms with Crippen molar-refractivity contribution >= 4 is 17.9 Å². The number of likely N-dealkylation sites (tertiary alicyclic amines) is 1. The van der Waals surface area contributed by atoms with Gasteiger partial charge in [-0.05, 0) is 54.7 Å². The molecule has 0 aromatic heterocycles. The first-order valence-electron chi connectivity index (χ1n) is 8.93. The molecule has 1 atom stereocenters. The minimum atomic E-state index is -0.862. The predicted molar refractivity (Wildman–Crippen MR) is 101 cm³/mol. The van der Waals surface area contributed by atoms with Crippen LogP contribution in [0.5, 0.6) is 0 Å². The van der Waals surface area contributed by atoms with E-state index in [4.69, 9.17) is 11.6 Å². The predicted octanol–water partition coefficient (Wildman–Crippen LogP) is 4.48. The van der Waals surface area contributed by atoms with Crippen molar-refractivity contribution in [2.45, 2.75) is 37.3 Å². The standard InChI is InChI=1S/C21H23ClFNO2/c22-18-7-5-17(6-8-18)21(26)11-13-24(14-12-21)20(2-1-15-25)16-3-9-19(23)10-4-16/h3-10,15,20,26H,1-2,11-14H2/t20-/m0/s1. The second kappa shape index (κ2) is 8.30. The summed E-state index contributed by atoms with van der Waals surface area (Å²) in [6.45, 7) is 1.42. The molecule has 0 saturated carbocycles. The summed E-state index contributed by atoms with van der Waals surface area (Å²) >= 11 is 5.94. The maximum absolute atomic E-state index is 13.2. The fourth-order valence-electron chi connectivity index (χ4n) is 3.73. The van der Waals surface area contributed by atoms with Crippen molar-refractivity contribution in [3.8, 4) is 0 Å². The molecule has 3 nitrogen and oxygen atoms in total. The summed E-state index contributed by atoms with van der Waals surface area (Å²) in [5.41, 5.74) is 1.02. The molecule has 1 fully saturated rings. The second-order valence-electron chi connectivity index (χ2n) is 6.89. The third-order valence-electron chi connectivity index (χ3n) is 5.26. The highest BCUT2D eigenvalue weighted by atomic mass is 35.5. The highest BCUT2D eigenvalue weighted by Crippen LogP contribution is 2.37. The van der Waals surface area contributed by atoms with Crippen LogP contribution in [0.25, 0.3) is 0 Å². The maximum Gasteiger partial charge on any atom is 0.123 e. The number of rotatable bonds is 6. The zero-order valence-electron chi connectivity index (χ0n) is 14.6. The van der Waals surface area contributed by atoms with E-state index in [-0.39, 0.29) is 11.9 Å². The van der Waals surface area contributed by atoms with Gasteiger partial charge in [0.1, 0.15) is 12.1 Å². The number of benzene rings is 2. The molecule has 0 radical (unpaired) electrons. The Balaban J connectivity index is 1.73. The molecule has 138 valence electrons. The average Bonchev–Trinajstić information content (AvgIpc) is 2.65. The third-order valence-corrected chi connectivity index (χ3v) is 5.51. The molecule has 0 spiro atoms. The Morgan fingerprint density at radius 1 is 1.12 bits per heavy atom. The lowest BCUT2D eigenvalue weighted by Gasteiger charge is -2.42. The summed E-state index contributed by atoms with van der Waals surface area (Å²) in [7, 11) is 0. The first kappa shape index (κ1) is 19.0. The lowest BCUT2D eigenvalue weighted by molar-refractivity contribution is -0.108. The first-order chi connectivity index (χ1) is 12.5. The number of halogens is 2. The van der Waals surface area contributed by atoms with Gasteiger partial charge < -0.3 is 9.90 Å². The largest absolute Gasteiger partial charge is 0.385 e. The number of piperidine rings is 1. The summed E-state index contributed by atoms with van der Waals surface area (Å²) in [5, 5.41) is 11.7.